The van der Waals surface area contributed by atoms with E-state index in [1.54, 1.807) is 6.07 Å². The zero-order valence-electron chi connectivity index (χ0n) is 11.5. The lowest BCUT2D eigenvalue weighted by molar-refractivity contribution is 0.299. The zero-order valence-corrected chi connectivity index (χ0v) is 11.5. The SMILES string of the molecule is CCN(c1cccc(C#N)n1)C1CCCCC1CN. The molecule has 1 fully saturated rings. The highest BCUT2D eigenvalue weighted by molar-refractivity contribution is 5.43. The molecule has 102 valence electrons. The number of anilines is 1. The standard InChI is InChI=1S/C15H22N4/c1-2-19(14-8-4-3-6-12(14)10-16)15-9-5-7-13(11-17)18-15/h5,7,9,12,14H,2-4,6,8,10,16H2,1H3. The molecule has 0 bridgehead atoms. The van der Waals surface area contributed by atoms with Crippen LogP contribution in [0.25, 0.3) is 0 Å². The molecule has 0 spiro atoms. The molecule has 1 aromatic heterocycles. The number of rotatable bonds is 4. The van der Waals surface area contributed by atoms with Crippen LogP contribution in [0.15, 0.2) is 18.2 Å². The van der Waals surface area contributed by atoms with Gasteiger partial charge >= 0.3 is 0 Å². The van der Waals surface area contributed by atoms with Crippen LogP contribution in [-0.2, 0) is 0 Å². The average molecular weight is 258 g/mol. The van der Waals surface area contributed by atoms with Crippen LogP contribution in [0.3, 0.4) is 0 Å². The van der Waals surface area contributed by atoms with E-state index in [0.717, 1.165) is 18.9 Å². The molecule has 2 unspecified atom stereocenters. The second-order valence-electron chi connectivity index (χ2n) is 5.13. The Morgan fingerprint density at radius 2 is 2.21 bits per heavy atom. The van der Waals surface area contributed by atoms with E-state index in [1.807, 2.05) is 12.1 Å². The fourth-order valence-corrected chi connectivity index (χ4v) is 3.09. The van der Waals surface area contributed by atoms with Crippen molar-refractivity contribution in [2.75, 3.05) is 18.0 Å². The quantitative estimate of drug-likeness (QED) is 0.900. The molecule has 19 heavy (non-hydrogen) atoms. The molecule has 1 aliphatic carbocycles. The molecular weight excluding hydrogens is 236 g/mol. The monoisotopic (exact) mass is 258 g/mol. The Labute approximate surface area is 115 Å². The third kappa shape index (κ3) is 3.05. The molecule has 4 heteroatoms. The molecule has 0 saturated heterocycles. The molecule has 2 rings (SSSR count). The Morgan fingerprint density at radius 3 is 2.89 bits per heavy atom. The molecule has 1 heterocycles. The molecule has 2 N–H and O–H groups in total. The first-order valence-electron chi connectivity index (χ1n) is 7.14. The van der Waals surface area contributed by atoms with Gasteiger partial charge in [-0.25, -0.2) is 4.98 Å². The number of nitrogens with two attached hydrogens (primary N) is 1. The first-order valence-corrected chi connectivity index (χ1v) is 7.14. The maximum absolute atomic E-state index is 8.97. The van der Waals surface area contributed by atoms with Gasteiger partial charge < -0.3 is 10.6 Å². The lowest BCUT2D eigenvalue weighted by Crippen LogP contribution is -2.45. The molecule has 4 nitrogen and oxygen atoms in total. The van der Waals surface area contributed by atoms with Crippen molar-refractivity contribution in [3.63, 3.8) is 0 Å². The van der Waals surface area contributed by atoms with Gasteiger partial charge in [0.2, 0.25) is 0 Å². The summed E-state index contributed by atoms with van der Waals surface area (Å²) in [6.07, 6.45) is 4.92. The highest BCUT2D eigenvalue weighted by Gasteiger charge is 2.29. The van der Waals surface area contributed by atoms with E-state index in [-0.39, 0.29) is 0 Å². The summed E-state index contributed by atoms with van der Waals surface area (Å²) in [7, 11) is 0. The summed E-state index contributed by atoms with van der Waals surface area (Å²) < 4.78 is 0. The van der Waals surface area contributed by atoms with E-state index in [0.29, 0.717) is 17.7 Å². The van der Waals surface area contributed by atoms with Crippen molar-refractivity contribution in [3.8, 4) is 6.07 Å². The van der Waals surface area contributed by atoms with Crippen molar-refractivity contribution in [3.05, 3.63) is 23.9 Å². The smallest absolute Gasteiger partial charge is 0.142 e. The van der Waals surface area contributed by atoms with Gasteiger partial charge in [0.1, 0.15) is 17.6 Å². The molecule has 1 aromatic rings. The highest BCUT2D eigenvalue weighted by Crippen LogP contribution is 2.30. The van der Waals surface area contributed by atoms with E-state index >= 15 is 0 Å². The van der Waals surface area contributed by atoms with Crippen molar-refractivity contribution in [2.24, 2.45) is 11.7 Å². The third-order valence-electron chi connectivity index (χ3n) is 4.06. The van der Waals surface area contributed by atoms with Crippen LogP contribution in [0.4, 0.5) is 5.82 Å². The first-order chi connectivity index (χ1) is 9.30. The maximum Gasteiger partial charge on any atom is 0.142 e. The van der Waals surface area contributed by atoms with Crippen LogP contribution < -0.4 is 10.6 Å². The third-order valence-corrected chi connectivity index (χ3v) is 4.06. The van der Waals surface area contributed by atoms with Gasteiger partial charge in [0.05, 0.1) is 0 Å². The molecule has 1 aliphatic rings. The average Bonchev–Trinajstić information content (AvgIpc) is 2.49. The number of aromatic nitrogens is 1. The maximum atomic E-state index is 8.97. The molecule has 0 amide bonds. The second kappa shape index (κ2) is 6.53. The van der Waals surface area contributed by atoms with E-state index in [1.165, 1.54) is 25.7 Å². The molecule has 0 aliphatic heterocycles. The molecular formula is C15H22N4. The van der Waals surface area contributed by atoms with Gasteiger partial charge in [-0.05, 0) is 44.4 Å². The summed E-state index contributed by atoms with van der Waals surface area (Å²) in [6.45, 7) is 3.78. The van der Waals surface area contributed by atoms with Gasteiger partial charge in [0.25, 0.3) is 0 Å². The fraction of sp³-hybridized carbons (Fsp3) is 0.600. The Kier molecular flexibility index (Phi) is 4.75. The Balaban J connectivity index is 2.25. The van der Waals surface area contributed by atoms with Crippen LogP contribution in [0.2, 0.25) is 0 Å². The summed E-state index contributed by atoms with van der Waals surface area (Å²) in [4.78, 5) is 6.75. The molecule has 0 aromatic carbocycles. The predicted molar refractivity (Wildman–Crippen MR) is 76.8 cm³/mol. The second-order valence-corrected chi connectivity index (χ2v) is 5.13. The van der Waals surface area contributed by atoms with E-state index in [4.69, 9.17) is 11.0 Å². The number of nitrogens with zero attached hydrogens (tertiary/aromatic N) is 3. The van der Waals surface area contributed by atoms with Gasteiger partial charge in [0, 0.05) is 12.6 Å². The van der Waals surface area contributed by atoms with Gasteiger partial charge in [-0.2, -0.15) is 5.26 Å². The van der Waals surface area contributed by atoms with Gasteiger partial charge in [0.15, 0.2) is 0 Å². The van der Waals surface area contributed by atoms with Crippen LogP contribution in [-0.4, -0.2) is 24.1 Å². The predicted octanol–water partition coefficient (Wildman–Crippen LogP) is 2.30. The van der Waals surface area contributed by atoms with Crippen molar-refractivity contribution < 1.29 is 0 Å². The fourth-order valence-electron chi connectivity index (χ4n) is 3.09. The van der Waals surface area contributed by atoms with Crippen LogP contribution >= 0.6 is 0 Å². The van der Waals surface area contributed by atoms with Gasteiger partial charge in [-0.3, -0.25) is 0 Å². The summed E-state index contributed by atoms with van der Waals surface area (Å²) in [6, 6.07) is 8.22. The van der Waals surface area contributed by atoms with Crippen molar-refractivity contribution in [1.82, 2.24) is 4.98 Å². The van der Waals surface area contributed by atoms with Crippen molar-refractivity contribution >= 4 is 5.82 Å². The summed E-state index contributed by atoms with van der Waals surface area (Å²) in [5.41, 5.74) is 6.40. The van der Waals surface area contributed by atoms with E-state index in [9.17, 15) is 0 Å². The molecule has 1 saturated carbocycles. The number of pyridine rings is 1. The Morgan fingerprint density at radius 1 is 1.42 bits per heavy atom. The number of hydrogen-bond donors (Lipinski definition) is 1. The largest absolute Gasteiger partial charge is 0.354 e. The van der Waals surface area contributed by atoms with Crippen molar-refractivity contribution in [2.45, 2.75) is 38.6 Å². The highest BCUT2D eigenvalue weighted by atomic mass is 15.2. The topological polar surface area (TPSA) is 65.9 Å². The minimum absolute atomic E-state index is 0.463. The minimum atomic E-state index is 0.463. The molecule has 2 atom stereocenters. The van der Waals surface area contributed by atoms with Gasteiger partial charge in [-0.1, -0.05) is 18.9 Å². The van der Waals surface area contributed by atoms with Crippen LogP contribution in [0, 0.1) is 17.2 Å². The summed E-state index contributed by atoms with van der Waals surface area (Å²) in [5, 5.41) is 8.97. The summed E-state index contributed by atoms with van der Waals surface area (Å²) in [5.74, 6) is 1.45. The zero-order chi connectivity index (χ0) is 13.7. The first kappa shape index (κ1) is 13.8. The van der Waals surface area contributed by atoms with Gasteiger partial charge in [-0.15, -0.1) is 0 Å². The van der Waals surface area contributed by atoms with Crippen LogP contribution in [0.1, 0.15) is 38.3 Å². The van der Waals surface area contributed by atoms with Crippen molar-refractivity contribution in [1.29, 1.82) is 5.26 Å². The normalized spacial score (nSPS) is 22.8. The lowest BCUT2D eigenvalue weighted by atomic mass is 9.83. The van der Waals surface area contributed by atoms with E-state index in [2.05, 4.69) is 22.9 Å². The Bertz CT molecular complexity index is 452. The number of nitriles is 1. The minimum Gasteiger partial charge on any atom is -0.354 e. The lowest BCUT2D eigenvalue weighted by Gasteiger charge is -2.40. The summed E-state index contributed by atoms with van der Waals surface area (Å²) >= 11 is 0. The van der Waals surface area contributed by atoms with E-state index < -0.39 is 0 Å². The Hall–Kier alpha value is -1.60. The van der Waals surface area contributed by atoms with Crippen LogP contribution in [0.5, 0.6) is 0 Å². The number of hydrogen-bond acceptors (Lipinski definition) is 4. The molecule has 0 radical (unpaired) electrons.